The fraction of sp³-hybridized carbons (Fsp3) is 0.250. The summed E-state index contributed by atoms with van der Waals surface area (Å²) in [5.41, 5.74) is 4.90. The SMILES string of the molecule is NC(=O)CSc1nncn1N. The Hall–Kier alpha value is -1.24. The van der Waals surface area contributed by atoms with Crippen molar-refractivity contribution in [2.75, 3.05) is 11.6 Å². The maximum absolute atomic E-state index is 10.3. The average molecular weight is 173 g/mol. The molecule has 1 heterocycles. The van der Waals surface area contributed by atoms with Gasteiger partial charge in [-0.05, 0) is 0 Å². The largest absolute Gasteiger partial charge is 0.369 e. The lowest BCUT2D eigenvalue weighted by Gasteiger charge is -1.95. The molecule has 1 amide bonds. The highest BCUT2D eigenvalue weighted by Gasteiger charge is 2.03. The van der Waals surface area contributed by atoms with Crippen LogP contribution >= 0.6 is 11.8 Å². The maximum atomic E-state index is 10.3. The van der Waals surface area contributed by atoms with E-state index in [0.29, 0.717) is 5.16 Å². The number of thioether (sulfide) groups is 1. The zero-order valence-electron chi connectivity index (χ0n) is 5.60. The first-order valence-corrected chi connectivity index (χ1v) is 3.75. The van der Waals surface area contributed by atoms with Gasteiger partial charge in [0.2, 0.25) is 11.1 Å². The van der Waals surface area contributed by atoms with Crippen molar-refractivity contribution in [2.45, 2.75) is 5.16 Å². The van der Waals surface area contributed by atoms with Crippen LogP contribution in [0, 0.1) is 0 Å². The van der Waals surface area contributed by atoms with Crippen molar-refractivity contribution >= 4 is 17.7 Å². The van der Waals surface area contributed by atoms with E-state index in [2.05, 4.69) is 10.2 Å². The number of rotatable bonds is 3. The number of nitrogens with two attached hydrogens (primary N) is 2. The Balaban J connectivity index is 2.51. The zero-order chi connectivity index (χ0) is 8.27. The summed E-state index contributed by atoms with van der Waals surface area (Å²) in [5.74, 6) is 5.10. The molecule has 0 fully saturated rings. The van der Waals surface area contributed by atoms with Crippen LogP contribution in [0.4, 0.5) is 0 Å². The van der Waals surface area contributed by atoms with Gasteiger partial charge in [-0.1, -0.05) is 11.8 Å². The zero-order valence-corrected chi connectivity index (χ0v) is 6.41. The van der Waals surface area contributed by atoms with Crippen LogP contribution < -0.4 is 11.6 Å². The van der Waals surface area contributed by atoms with Gasteiger partial charge in [-0.2, -0.15) is 0 Å². The summed E-state index contributed by atoms with van der Waals surface area (Å²) in [4.78, 5) is 10.3. The maximum Gasteiger partial charge on any atom is 0.227 e. The Kier molecular flexibility index (Phi) is 2.32. The van der Waals surface area contributed by atoms with E-state index in [1.807, 2.05) is 0 Å². The van der Waals surface area contributed by atoms with E-state index >= 15 is 0 Å². The van der Waals surface area contributed by atoms with Gasteiger partial charge in [0.25, 0.3) is 0 Å². The molecular formula is C4H7N5OS. The van der Waals surface area contributed by atoms with Crippen LogP contribution in [0.5, 0.6) is 0 Å². The molecule has 0 aliphatic carbocycles. The van der Waals surface area contributed by atoms with Gasteiger partial charge in [0, 0.05) is 0 Å². The predicted molar refractivity (Wildman–Crippen MR) is 40.1 cm³/mol. The summed E-state index contributed by atoms with van der Waals surface area (Å²) in [6.07, 6.45) is 1.35. The van der Waals surface area contributed by atoms with Gasteiger partial charge < -0.3 is 11.6 Å². The van der Waals surface area contributed by atoms with Crippen LogP contribution in [0.25, 0.3) is 0 Å². The quantitative estimate of drug-likeness (QED) is 0.431. The number of primary amides is 1. The third-order valence-electron chi connectivity index (χ3n) is 0.884. The lowest BCUT2D eigenvalue weighted by Crippen LogP contribution is -2.15. The van der Waals surface area contributed by atoms with Gasteiger partial charge in [0.05, 0.1) is 5.75 Å². The molecule has 7 heteroatoms. The molecule has 0 saturated carbocycles. The van der Waals surface area contributed by atoms with E-state index < -0.39 is 5.91 Å². The number of carbonyl (C=O) groups is 1. The number of nitrogens with zero attached hydrogens (tertiary/aromatic N) is 3. The van der Waals surface area contributed by atoms with Crippen LogP contribution in [0.1, 0.15) is 0 Å². The van der Waals surface area contributed by atoms with Gasteiger partial charge in [-0.15, -0.1) is 10.2 Å². The molecule has 60 valence electrons. The van der Waals surface area contributed by atoms with Gasteiger partial charge >= 0.3 is 0 Å². The molecule has 0 bridgehead atoms. The van der Waals surface area contributed by atoms with Crippen molar-refractivity contribution in [1.82, 2.24) is 14.9 Å². The molecule has 11 heavy (non-hydrogen) atoms. The Morgan fingerprint density at radius 3 is 3.00 bits per heavy atom. The average Bonchev–Trinajstić information content (AvgIpc) is 2.31. The molecule has 0 spiro atoms. The number of aromatic nitrogens is 3. The second-order valence-electron chi connectivity index (χ2n) is 1.78. The second-order valence-corrected chi connectivity index (χ2v) is 2.72. The Labute approximate surface area is 66.9 Å². The highest BCUT2D eigenvalue weighted by molar-refractivity contribution is 7.99. The van der Waals surface area contributed by atoms with Crippen LogP contribution in [0.3, 0.4) is 0 Å². The lowest BCUT2D eigenvalue weighted by molar-refractivity contribution is -0.115. The highest BCUT2D eigenvalue weighted by atomic mass is 32.2. The highest BCUT2D eigenvalue weighted by Crippen LogP contribution is 2.10. The molecule has 0 atom stereocenters. The van der Waals surface area contributed by atoms with Crippen LogP contribution in [-0.4, -0.2) is 26.5 Å². The molecule has 0 saturated heterocycles. The molecule has 1 aromatic rings. The van der Waals surface area contributed by atoms with E-state index in [9.17, 15) is 4.79 Å². The summed E-state index contributed by atoms with van der Waals surface area (Å²) in [5, 5.41) is 7.62. The number of hydrogen-bond donors (Lipinski definition) is 2. The molecule has 0 aliphatic rings. The molecule has 6 nitrogen and oxygen atoms in total. The molecule has 0 radical (unpaired) electrons. The first-order chi connectivity index (χ1) is 5.20. The normalized spacial score (nSPS) is 9.82. The van der Waals surface area contributed by atoms with Gasteiger partial charge in [0.1, 0.15) is 6.33 Å². The van der Waals surface area contributed by atoms with Crippen molar-refractivity contribution in [1.29, 1.82) is 0 Å². The Morgan fingerprint density at radius 2 is 2.55 bits per heavy atom. The standard InChI is InChI=1S/C4H7N5OS/c5-3(10)1-11-4-8-7-2-9(4)6/h2H,1,6H2,(H2,5,10). The minimum Gasteiger partial charge on any atom is -0.369 e. The lowest BCUT2D eigenvalue weighted by atomic mass is 10.8. The molecular weight excluding hydrogens is 166 g/mol. The fourth-order valence-electron chi connectivity index (χ4n) is 0.471. The molecule has 0 unspecified atom stereocenters. The van der Waals surface area contributed by atoms with Crippen molar-refractivity contribution in [3.63, 3.8) is 0 Å². The van der Waals surface area contributed by atoms with Crippen molar-refractivity contribution in [3.8, 4) is 0 Å². The summed E-state index contributed by atoms with van der Waals surface area (Å²) in [6.45, 7) is 0. The number of carbonyl (C=O) groups excluding carboxylic acids is 1. The topological polar surface area (TPSA) is 99.8 Å². The number of nitrogen functional groups attached to an aromatic ring is 1. The minimum absolute atomic E-state index is 0.163. The van der Waals surface area contributed by atoms with E-state index in [1.165, 1.54) is 11.0 Å². The second kappa shape index (κ2) is 3.24. The first-order valence-electron chi connectivity index (χ1n) is 2.76. The monoisotopic (exact) mass is 173 g/mol. The summed E-state index contributed by atoms with van der Waals surface area (Å²) in [7, 11) is 0. The molecule has 1 rings (SSSR count). The first kappa shape index (κ1) is 7.86. The van der Waals surface area contributed by atoms with Gasteiger partial charge in [-0.3, -0.25) is 4.79 Å². The molecule has 0 aliphatic heterocycles. The predicted octanol–water partition coefficient (Wildman–Crippen LogP) is -1.43. The summed E-state index contributed by atoms with van der Waals surface area (Å²) >= 11 is 1.15. The molecule has 0 aromatic carbocycles. The van der Waals surface area contributed by atoms with Crippen LogP contribution in [0.2, 0.25) is 0 Å². The number of amides is 1. The van der Waals surface area contributed by atoms with Crippen molar-refractivity contribution in [2.24, 2.45) is 5.73 Å². The van der Waals surface area contributed by atoms with Gasteiger partial charge in [-0.25, -0.2) is 4.68 Å². The Morgan fingerprint density at radius 1 is 1.82 bits per heavy atom. The molecule has 1 aromatic heterocycles. The molecule has 4 N–H and O–H groups in total. The van der Waals surface area contributed by atoms with E-state index in [-0.39, 0.29) is 5.75 Å². The minimum atomic E-state index is -0.405. The summed E-state index contributed by atoms with van der Waals surface area (Å²) < 4.78 is 1.23. The smallest absolute Gasteiger partial charge is 0.227 e. The van der Waals surface area contributed by atoms with Gasteiger partial charge in [0.15, 0.2) is 0 Å². The van der Waals surface area contributed by atoms with E-state index in [4.69, 9.17) is 11.6 Å². The van der Waals surface area contributed by atoms with E-state index in [1.54, 1.807) is 0 Å². The number of hydrogen-bond acceptors (Lipinski definition) is 5. The van der Waals surface area contributed by atoms with Crippen molar-refractivity contribution < 1.29 is 4.79 Å². The summed E-state index contributed by atoms with van der Waals surface area (Å²) in [6, 6.07) is 0. The third kappa shape index (κ3) is 2.11. The van der Waals surface area contributed by atoms with E-state index in [0.717, 1.165) is 11.8 Å². The Bertz CT molecular complexity index is 259. The third-order valence-corrected chi connectivity index (χ3v) is 1.86. The van der Waals surface area contributed by atoms with Crippen molar-refractivity contribution in [3.05, 3.63) is 6.33 Å². The van der Waals surface area contributed by atoms with Crippen LogP contribution in [0.15, 0.2) is 11.5 Å². The van der Waals surface area contributed by atoms with Crippen LogP contribution in [-0.2, 0) is 4.79 Å². The fourth-order valence-corrected chi connectivity index (χ4v) is 1.04.